The first-order chi connectivity index (χ1) is 8.18. The highest BCUT2D eigenvalue weighted by atomic mass is 15.1. The molecule has 1 aliphatic rings. The van der Waals surface area contributed by atoms with E-state index in [1.54, 1.807) is 0 Å². The van der Waals surface area contributed by atoms with E-state index < -0.39 is 0 Å². The number of nitrogens with zero attached hydrogens (tertiary/aromatic N) is 2. The van der Waals surface area contributed by atoms with E-state index in [9.17, 15) is 0 Å². The van der Waals surface area contributed by atoms with Crippen LogP contribution in [0.5, 0.6) is 0 Å². The molecule has 1 aromatic heterocycles. The maximum Gasteiger partial charge on any atom is 0.127 e. The third-order valence-electron chi connectivity index (χ3n) is 3.57. The Labute approximate surface area is 102 Å². The molecule has 1 aromatic carbocycles. The fraction of sp³-hybridized carbons (Fsp3) is 0.500. The summed E-state index contributed by atoms with van der Waals surface area (Å²) in [6, 6.07) is 8.80. The van der Waals surface area contributed by atoms with Crippen LogP contribution >= 0.6 is 0 Å². The van der Waals surface area contributed by atoms with Crippen LogP contribution in [0.1, 0.15) is 44.6 Å². The minimum Gasteiger partial charge on any atom is -0.324 e. The van der Waals surface area contributed by atoms with E-state index in [0.717, 1.165) is 11.3 Å². The quantitative estimate of drug-likeness (QED) is 0.879. The van der Waals surface area contributed by atoms with Crippen molar-refractivity contribution in [2.24, 2.45) is 11.7 Å². The fourth-order valence-electron chi connectivity index (χ4n) is 2.51. The van der Waals surface area contributed by atoms with Crippen molar-refractivity contribution >= 4 is 11.0 Å². The zero-order valence-corrected chi connectivity index (χ0v) is 10.4. The molecule has 17 heavy (non-hydrogen) atoms. The van der Waals surface area contributed by atoms with Gasteiger partial charge in [0.15, 0.2) is 0 Å². The molecule has 0 amide bonds. The molecule has 1 fully saturated rings. The van der Waals surface area contributed by atoms with Crippen molar-refractivity contribution in [1.82, 2.24) is 9.55 Å². The Hall–Kier alpha value is -1.35. The largest absolute Gasteiger partial charge is 0.324 e. The first-order valence-corrected chi connectivity index (χ1v) is 6.41. The number of rotatable bonds is 3. The fourth-order valence-corrected chi connectivity index (χ4v) is 2.51. The minimum atomic E-state index is 0.102. The molecule has 0 saturated heterocycles. The number of hydrogen-bond acceptors (Lipinski definition) is 2. The lowest BCUT2D eigenvalue weighted by molar-refractivity contribution is 0.512. The monoisotopic (exact) mass is 229 g/mol. The SMILES string of the molecule is CC(C)n1c(C(N)C2CC2)nc2ccccc21. The number of hydrogen-bond donors (Lipinski definition) is 1. The number of imidazole rings is 1. The predicted molar refractivity (Wildman–Crippen MR) is 69.8 cm³/mol. The first-order valence-electron chi connectivity index (χ1n) is 6.41. The van der Waals surface area contributed by atoms with Gasteiger partial charge >= 0.3 is 0 Å². The number of aromatic nitrogens is 2. The zero-order chi connectivity index (χ0) is 12.0. The standard InChI is InChI=1S/C14H19N3/c1-9(2)17-12-6-4-3-5-11(12)16-14(17)13(15)10-7-8-10/h3-6,9-10,13H,7-8,15H2,1-2H3. The third kappa shape index (κ3) is 1.75. The summed E-state index contributed by atoms with van der Waals surface area (Å²) >= 11 is 0. The Morgan fingerprint density at radius 3 is 2.65 bits per heavy atom. The van der Waals surface area contributed by atoms with Crippen LogP contribution in [-0.2, 0) is 0 Å². The summed E-state index contributed by atoms with van der Waals surface area (Å²) in [4.78, 5) is 4.73. The van der Waals surface area contributed by atoms with Gasteiger partial charge in [-0.15, -0.1) is 0 Å². The van der Waals surface area contributed by atoms with Gasteiger partial charge in [0.25, 0.3) is 0 Å². The molecular formula is C14H19N3. The summed E-state index contributed by atoms with van der Waals surface area (Å²) in [6.45, 7) is 4.38. The minimum absolute atomic E-state index is 0.102. The highest BCUT2D eigenvalue weighted by Crippen LogP contribution is 2.40. The van der Waals surface area contributed by atoms with Gasteiger partial charge in [0, 0.05) is 6.04 Å². The van der Waals surface area contributed by atoms with Gasteiger partial charge in [0.1, 0.15) is 5.82 Å². The van der Waals surface area contributed by atoms with E-state index in [1.165, 1.54) is 18.4 Å². The Morgan fingerprint density at radius 1 is 1.29 bits per heavy atom. The van der Waals surface area contributed by atoms with Crippen LogP contribution in [-0.4, -0.2) is 9.55 Å². The molecule has 0 radical (unpaired) electrons. The maximum absolute atomic E-state index is 6.32. The van der Waals surface area contributed by atoms with Gasteiger partial charge in [-0.2, -0.15) is 0 Å². The summed E-state index contributed by atoms with van der Waals surface area (Å²) < 4.78 is 2.29. The summed E-state index contributed by atoms with van der Waals surface area (Å²) in [5.74, 6) is 1.70. The molecule has 3 heteroatoms. The summed E-state index contributed by atoms with van der Waals surface area (Å²) in [5, 5.41) is 0. The molecule has 1 atom stereocenters. The lowest BCUT2D eigenvalue weighted by Gasteiger charge is -2.17. The summed E-state index contributed by atoms with van der Waals surface area (Å²) in [5.41, 5.74) is 8.58. The Balaban J connectivity index is 2.18. The predicted octanol–water partition coefficient (Wildman–Crippen LogP) is 3.03. The van der Waals surface area contributed by atoms with Gasteiger partial charge in [-0.1, -0.05) is 12.1 Å². The van der Waals surface area contributed by atoms with Crippen molar-refractivity contribution in [1.29, 1.82) is 0 Å². The van der Waals surface area contributed by atoms with Crippen LogP contribution in [0.2, 0.25) is 0 Å². The van der Waals surface area contributed by atoms with Crippen molar-refractivity contribution in [2.75, 3.05) is 0 Å². The number of nitrogens with two attached hydrogens (primary N) is 1. The van der Waals surface area contributed by atoms with Crippen molar-refractivity contribution in [2.45, 2.75) is 38.8 Å². The first kappa shape index (κ1) is 10.8. The van der Waals surface area contributed by atoms with Gasteiger partial charge in [-0.3, -0.25) is 0 Å². The normalized spacial score (nSPS) is 17.9. The summed E-state index contributed by atoms with van der Waals surface area (Å²) in [7, 11) is 0. The number of fused-ring (bicyclic) bond motifs is 1. The van der Waals surface area contributed by atoms with Gasteiger partial charge < -0.3 is 10.3 Å². The molecule has 90 valence electrons. The van der Waals surface area contributed by atoms with E-state index in [1.807, 2.05) is 6.07 Å². The van der Waals surface area contributed by atoms with Crippen LogP contribution < -0.4 is 5.73 Å². The molecule has 1 unspecified atom stereocenters. The molecule has 0 aliphatic heterocycles. The Morgan fingerprint density at radius 2 is 2.00 bits per heavy atom. The van der Waals surface area contributed by atoms with E-state index in [4.69, 9.17) is 10.7 Å². The van der Waals surface area contributed by atoms with Crippen molar-refractivity contribution in [3.8, 4) is 0 Å². The van der Waals surface area contributed by atoms with Crippen LogP contribution in [0.4, 0.5) is 0 Å². The second-order valence-corrected chi connectivity index (χ2v) is 5.29. The van der Waals surface area contributed by atoms with Crippen LogP contribution in [0.15, 0.2) is 24.3 Å². The van der Waals surface area contributed by atoms with Crippen molar-refractivity contribution < 1.29 is 0 Å². The molecule has 1 aliphatic carbocycles. The molecule has 0 spiro atoms. The van der Waals surface area contributed by atoms with Gasteiger partial charge in [0.05, 0.1) is 17.1 Å². The van der Waals surface area contributed by atoms with Gasteiger partial charge in [-0.25, -0.2) is 4.98 Å². The van der Waals surface area contributed by atoms with Crippen molar-refractivity contribution in [3.63, 3.8) is 0 Å². The average Bonchev–Trinajstić information content (AvgIpc) is 3.07. The highest BCUT2D eigenvalue weighted by Gasteiger charge is 2.33. The summed E-state index contributed by atoms with van der Waals surface area (Å²) in [6.07, 6.45) is 2.50. The maximum atomic E-state index is 6.32. The lowest BCUT2D eigenvalue weighted by Crippen LogP contribution is -2.19. The molecular weight excluding hydrogens is 210 g/mol. The second kappa shape index (κ2) is 3.84. The lowest BCUT2D eigenvalue weighted by atomic mass is 10.2. The Kier molecular flexibility index (Phi) is 2.44. The Bertz CT molecular complexity index is 537. The molecule has 3 rings (SSSR count). The van der Waals surface area contributed by atoms with Crippen LogP contribution in [0.25, 0.3) is 11.0 Å². The van der Waals surface area contributed by atoms with E-state index >= 15 is 0 Å². The molecule has 1 saturated carbocycles. The zero-order valence-electron chi connectivity index (χ0n) is 10.4. The molecule has 2 N–H and O–H groups in total. The molecule has 2 aromatic rings. The van der Waals surface area contributed by atoms with Crippen molar-refractivity contribution in [3.05, 3.63) is 30.1 Å². The van der Waals surface area contributed by atoms with E-state index in [2.05, 4.69) is 36.6 Å². The topological polar surface area (TPSA) is 43.8 Å². The van der Waals surface area contributed by atoms with Crippen LogP contribution in [0.3, 0.4) is 0 Å². The van der Waals surface area contributed by atoms with Gasteiger partial charge in [-0.05, 0) is 44.7 Å². The molecule has 3 nitrogen and oxygen atoms in total. The molecule has 1 heterocycles. The second-order valence-electron chi connectivity index (χ2n) is 5.29. The van der Waals surface area contributed by atoms with Gasteiger partial charge in [0.2, 0.25) is 0 Å². The average molecular weight is 229 g/mol. The van der Waals surface area contributed by atoms with E-state index in [0.29, 0.717) is 12.0 Å². The molecule has 0 bridgehead atoms. The van der Waals surface area contributed by atoms with Crippen LogP contribution in [0, 0.1) is 5.92 Å². The number of para-hydroxylation sites is 2. The third-order valence-corrected chi connectivity index (χ3v) is 3.57. The highest BCUT2D eigenvalue weighted by molar-refractivity contribution is 5.76. The van der Waals surface area contributed by atoms with E-state index in [-0.39, 0.29) is 6.04 Å². The smallest absolute Gasteiger partial charge is 0.127 e. The number of benzene rings is 1.